The van der Waals surface area contributed by atoms with E-state index in [-0.39, 0.29) is 6.10 Å². The van der Waals surface area contributed by atoms with Crippen molar-refractivity contribution in [2.45, 2.75) is 51.4 Å². The van der Waals surface area contributed by atoms with Gasteiger partial charge < -0.3 is 9.84 Å². The van der Waals surface area contributed by atoms with Crippen LogP contribution in [0.4, 0.5) is 0 Å². The van der Waals surface area contributed by atoms with Crippen LogP contribution in [0.15, 0.2) is 12.2 Å². The van der Waals surface area contributed by atoms with Gasteiger partial charge >= 0.3 is 0 Å². The lowest BCUT2D eigenvalue weighted by Crippen LogP contribution is -2.11. The number of aliphatic hydroxyl groups is 1. The molecule has 1 N–H and O–H groups in total. The lowest BCUT2D eigenvalue weighted by molar-refractivity contribution is 0.152. The molecule has 0 amide bonds. The van der Waals surface area contributed by atoms with Gasteiger partial charge in [-0.05, 0) is 19.8 Å². The third kappa shape index (κ3) is 2.95. The Balaban J connectivity index is 2.11. The zero-order chi connectivity index (χ0) is 9.14. The fourth-order valence-electron chi connectivity index (χ4n) is 1.50. The third-order valence-corrected chi connectivity index (χ3v) is 2.18. The van der Waals surface area contributed by atoms with E-state index in [1.807, 2.05) is 6.92 Å². The van der Waals surface area contributed by atoms with Crippen LogP contribution in [0, 0.1) is 0 Å². The smallest absolute Gasteiger partial charge is 0.0866 e. The second kappa shape index (κ2) is 4.06. The minimum Gasteiger partial charge on any atom is -0.393 e. The van der Waals surface area contributed by atoms with Crippen molar-refractivity contribution in [1.29, 1.82) is 0 Å². The SMILES string of the molecule is C=C(C)CC(O)CC1OC1CC. The monoisotopic (exact) mass is 170 g/mol. The van der Waals surface area contributed by atoms with Gasteiger partial charge in [0.2, 0.25) is 0 Å². The third-order valence-electron chi connectivity index (χ3n) is 2.18. The van der Waals surface area contributed by atoms with E-state index in [2.05, 4.69) is 13.5 Å². The second-order valence-corrected chi connectivity index (χ2v) is 3.67. The maximum atomic E-state index is 9.50. The summed E-state index contributed by atoms with van der Waals surface area (Å²) in [5, 5.41) is 9.50. The van der Waals surface area contributed by atoms with Crippen molar-refractivity contribution in [3.8, 4) is 0 Å². The van der Waals surface area contributed by atoms with Crippen LogP contribution in [0.3, 0.4) is 0 Å². The molecule has 0 saturated carbocycles. The summed E-state index contributed by atoms with van der Waals surface area (Å²) in [4.78, 5) is 0. The maximum Gasteiger partial charge on any atom is 0.0866 e. The molecule has 12 heavy (non-hydrogen) atoms. The molecule has 1 fully saturated rings. The van der Waals surface area contributed by atoms with Crippen LogP contribution in [0.5, 0.6) is 0 Å². The van der Waals surface area contributed by atoms with Crippen LogP contribution >= 0.6 is 0 Å². The lowest BCUT2D eigenvalue weighted by Gasteiger charge is -2.07. The predicted octanol–water partition coefficient (Wildman–Crippen LogP) is 1.88. The molecule has 3 atom stereocenters. The van der Waals surface area contributed by atoms with E-state index >= 15 is 0 Å². The van der Waals surface area contributed by atoms with Crippen LogP contribution < -0.4 is 0 Å². The summed E-state index contributed by atoms with van der Waals surface area (Å²) < 4.78 is 5.33. The molecule has 0 aromatic rings. The number of rotatable bonds is 5. The predicted molar refractivity (Wildman–Crippen MR) is 49.0 cm³/mol. The van der Waals surface area contributed by atoms with Crippen LogP contribution in [-0.4, -0.2) is 23.4 Å². The average molecular weight is 170 g/mol. The molecular weight excluding hydrogens is 152 g/mol. The standard InChI is InChI=1S/C10H18O2/c1-4-9-10(12-9)6-8(11)5-7(2)3/h8-11H,2,4-6H2,1,3H3. The van der Waals surface area contributed by atoms with E-state index in [9.17, 15) is 5.11 Å². The molecule has 0 spiro atoms. The van der Waals surface area contributed by atoms with Gasteiger partial charge in [0.1, 0.15) is 0 Å². The molecule has 2 heteroatoms. The molecule has 2 nitrogen and oxygen atoms in total. The topological polar surface area (TPSA) is 32.8 Å². The van der Waals surface area contributed by atoms with Crippen molar-refractivity contribution in [3.63, 3.8) is 0 Å². The van der Waals surface area contributed by atoms with Gasteiger partial charge in [0, 0.05) is 6.42 Å². The highest BCUT2D eigenvalue weighted by molar-refractivity contribution is 4.93. The Morgan fingerprint density at radius 1 is 1.58 bits per heavy atom. The number of hydrogen-bond acceptors (Lipinski definition) is 2. The molecule has 70 valence electrons. The number of epoxide rings is 1. The van der Waals surface area contributed by atoms with E-state index in [0.717, 1.165) is 18.4 Å². The van der Waals surface area contributed by atoms with Crippen LogP contribution in [0.2, 0.25) is 0 Å². The highest BCUT2D eigenvalue weighted by Crippen LogP contribution is 2.29. The number of aliphatic hydroxyl groups excluding tert-OH is 1. The van der Waals surface area contributed by atoms with E-state index in [1.54, 1.807) is 0 Å². The molecule has 1 saturated heterocycles. The van der Waals surface area contributed by atoms with Crippen molar-refractivity contribution >= 4 is 0 Å². The number of ether oxygens (including phenoxy) is 1. The van der Waals surface area contributed by atoms with Crippen LogP contribution in [0.1, 0.15) is 33.1 Å². The second-order valence-electron chi connectivity index (χ2n) is 3.67. The Kier molecular flexibility index (Phi) is 3.29. The largest absolute Gasteiger partial charge is 0.393 e. The molecule has 0 aliphatic carbocycles. The zero-order valence-corrected chi connectivity index (χ0v) is 7.92. The van der Waals surface area contributed by atoms with Crippen molar-refractivity contribution in [2.75, 3.05) is 0 Å². The minimum atomic E-state index is -0.260. The number of hydrogen-bond donors (Lipinski definition) is 1. The molecule has 3 unspecified atom stereocenters. The van der Waals surface area contributed by atoms with E-state index in [1.165, 1.54) is 0 Å². The van der Waals surface area contributed by atoms with Gasteiger partial charge in [-0.3, -0.25) is 0 Å². The van der Waals surface area contributed by atoms with Gasteiger partial charge in [-0.15, -0.1) is 6.58 Å². The molecule has 0 radical (unpaired) electrons. The van der Waals surface area contributed by atoms with Crippen LogP contribution in [0.25, 0.3) is 0 Å². The Morgan fingerprint density at radius 2 is 2.25 bits per heavy atom. The summed E-state index contributed by atoms with van der Waals surface area (Å²) in [6.07, 6.45) is 2.99. The normalized spacial score (nSPS) is 29.9. The zero-order valence-electron chi connectivity index (χ0n) is 7.92. The minimum absolute atomic E-state index is 0.260. The first kappa shape index (κ1) is 9.75. The first-order valence-electron chi connectivity index (χ1n) is 4.61. The first-order valence-corrected chi connectivity index (χ1v) is 4.61. The summed E-state index contributed by atoms with van der Waals surface area (Å²) in [5.74, 6) is 0. The fraction of sp³-hybridized carbons (Fsp3) is 0.800. The average Bonchev–Trinajstić information content (AvgIpc) is 2.65. The first-order chi connectivity index (χ1) is 5.63. The molecule has 0 aromatic carbocycles. The van der Waals surface area contributed by atoms with Gasteiger partial charge in [-0.2, -0.15) is 0 Å². The fourth-order valence-corrected chi connectivity index (χ4v) is 1.50. The van der Waals surface area contributed by atoms with Gasteiger partial charge in [0.15, 0.2) is 0 Å². The van der Waals surface area contributed by atoms with E-state index in [4.69, 9.17) is 4.74 Å². The summed E-state index contributed by atoms with van der Waals surface area (Å²) in [6, 6.07) is 0. The summed E-state index contributed by atoms with van der Waals surface area (Å²) in [5.41, 5.74) is 1.04. The Labute approximate surface area is 74.2 Å². The molecule has 0 bridgehead atoms. The lowest BCUT2D eigenvalue weighted by atomic mass is 10.1. The molecular formula is C10H18O2. The summed E-state index contributed by atoms with van der Waals surface area (Å²) in [7, 11) is 0. The molecule has 1 rings (SSSR count). The van der Waals surface area contributed by atoms with Crippen molar-refractivity contribution in [2.24, 2.45) is 0 Å². The van der Waals surface area contributed by atoms with Crippen LogP contribution in [-0.2, 0) is 4.74 Å². The Hall–Kier alpha value is -0.340. The van der Waals surface area contributed by atoms with E-state index < -0.39 is 0 Å². The molecule has 0 aromatic heterocycles. The summed E-state index contributed by atoms with van der Waals surface area (Å²) in [6.45, 7) is 7.81. The Bertz CT molecular complexity index is 165. The maximum absolute atomic E-state index is 9.50. The van der Waals surface area contributed by atoms with E-state index in [0.29, 0.717) is 18.6 Å². The molecule has 1 aliphatic heterocycles. The quantitative estimate of drug-likeness (QED) is 0.505. The highest BCUT2D eigenvalue weighted by atomic mass is 16.6. The Morgan fingerprint density at radius 3 is 2.67 bits per heavy atom. The van der Waals surface area contributed by atoms with Gasteiger partial charge in [0.05, 0.1) is 18.3 Å². The van der Waals surface area contributed by atoms with Crippen molar-refractivity contribution < 1.29 is 9.84 Å². The summed E-state index contributed by atoms with van der Waals surface area (Å²) >= 11 is 0. The van der Waals surface area contributed by atoms with Crippen molar-refractivity contribution in [1.82, 2.24) is 0 Å². The molecule has 1 aliphatic rings. The van der Waals surface area contributed by atoms with Crippen molar-refractivity contribution in [3.05, 3.63) is 12.2 Å². The van der Waals surface area contributed by atoms with Gasteiger partial charge in [0.25, 0.3) is 0 Å². The van der Waals surface area contributed by atoms with Gasteiger partial charge in [-0.1, -0.05) is 12.5 Å². The highest BCUT2D eigenvalue weighted by Gasteiger charge is 2.37. The molecule has 1 heterocycles. The van der Waals surface area contributed by atoms with Gasteiger partial charge in [-0.25, -0.2) is 0 Å².